The number of anilines is 2. The second-order valence-corrected chi connectivity index (χ2v) is 8.91. The van der Waals surface area contributed by atoms with Gasteiger partial charge in [-0.15, -0.1) is 0 Å². The lowest BCUT2D eigenvalue weighted by Crippen LogP contribution is -2.35. The maximum absolute atomic E-state index is 13.1. The first-order valence-corrected chi connectivity index (χ1v) is 11.4. The minimum Gasteiger partial charge on any atom is -0.496 e. The summed E-state index contributed by atoms with van der Waals surface area (Å²) in [7, 11) is 8.18. The third-order valence-corrected chi connectivity index (χ3v) is 6.59. The van der Waals surface area contributed by atoms with Crippen molar-refractivity contribution in [2.45, 2.75) is 19.8 Å². The molecule has 0 saturated heterocycles. The molecule has 0 fully saturated rings. The standard InChI is InChI=1S/C26H29BrN2O5/c1-15-22(25(30)33-6)24(17-8-13-21(32-5)20(27)14-17)23(26(31)34-7)16(2)29(15)19-11-9-18(10-12-19)28(3)4/h8-14,24H,1-7H3. The summed E-state index contributed by atoms with van der Waals surface area (Å²) in [5, 5.41) is 0. The van der Waals surface area contributed by atoms with Gasteiger partial charge in [0.1, 0.15) is 5.75 Å². The van der Waals surface area contributed by atoms with Crippen LogP contribution in [0.15, 0.2) is 69.5 Å². The van der Waals surface area contributed by atoms with Gasteiger partial charge in [0.25, 0.3) is 0 Å². The first-order chi connectivity index (χ1) is 16.2. The molecule has 7 nitrogen and oxygen atoms in total. The lowest BCUT2D eigenvalue weighted by molar-refractivity contribution is -0.137. The van der Waals surface area contributed by atoms with E-state index >= 15 is 0 Å². The molecular weight excluding hydrogens is 500 g/mol. The second-order valence-electron chi connectivity index (χ2n) is 8.05. The molecule has 0 aliphatic carbocycles. The Hall–Kier alpha value is -3.26. The number of nitrogens with zero attached hydrogens (tertiary/aromatic N) is 2. The average molecular weight is 529 g/mol. The zero-order valence-corrected chi connectivity index (χ0v) is 22.0. The molecule has 0 atom stereocenters. The number of rotatable bonds is 6. The van der Waals surface area contributed by atoms with E-state index in [-0.39, 0.29) is 0 Å². The normalized spacial score (nSPS) is 14.3. The van der Waals surface area contributed by atoms with Crippen LogP contribution in [0, 0.1) is 0 Å². The second kappa shape index (κ2) is 10.3. The number of hydrogen-bond acceptors (Lipinski definition) is 7. The predicted octanol–water partition coefficient (Wildman–Crippen LogP) is 5.02. The molecule has 1 aliphatic rings. The van der Waals surface area contributed by atoms with E-state index in [1.54, 1.807) is 13.2 Å². The van der Waals surface area contributed by atoms with Crippen molar-refractivity contribution in [3.8, 4) is 5.75 Å². The van der Waals surface area contributed by atoms with Gasteiger partial charge in [-0.2, -0.15) is 0 Å². The van der Waals surface area contributed by atoms with Gasteiger partial charge in [-0.25, -0.2) is 9.59 Å². The fourth-order valence-corrected chi connectivity index (χ4v) is 4.85. The molecule has 1 aliphatic heterocycles. The molecule has 0 saturated carbocycles. The van der Waals surface area contributed by atoms with Crippen LogP contribution >= 0.6 is 15.9 Å². The van der Waals surface area contributed by atoms with Crippen LogP contribution in [-0.4, -0.2) is 47.4 Å². The Morgan fingerprint density at radius 2 is 1.41 bits per heavy atom. The Kier molecular flexibility index (Phi) is 7.71. The van der Waals surface area contributed by atoms with Crippen LogP contribution in [0.2, 0.25) is 0 Å². The number of allylic oxidation sites excluding steroid dienone is 2. The summed E-state index contributed by atoms with van der Waals surface area (Å²) in [6.07, 6.45) is 0. The number of halogens is 1. The summed E-state index contributed by atoms with van der Waals surface area (Å²) < 4.78 is 16.4. The largest absolute Gasteiger partial charge is 0.496 e. The summed E-state index contributed by atoms with van der Waals surface area (Å²) in [6, 6.07) is 13.4. The van der Waals surface area contributed by atoms with Crippen molar-refractivity contribution < 1.29 is 23.8 Å². The molecule has 1 heterocycles. The number of carbonyl (C=O) groups excluding carboxylic acids is 2. The van der Waals surface area contributed by atoms with Crippen LogP contribution in [0.25, 0.3) is 0 Å². The smallest absolute Gasteiger partial charge is 0.336 e. The van der Waals surface area contributed by atoms with Gasteiger partial charge in [-0.05, 0) is 71.7 Å². The van der Waals surface area contributed by atoms with Gasteiger partial charge in [-0.3, -0.25) is 0 Å². The molecule has 0 spiro atoms. The van der Waals surface area contributed by atoms with Crippen molar-refractivity contribution in [3.05, 3.63) is 75.0 Å². The molecule has 0 radical (unpaired) electrons. The Balaban J connectivity index is 2.30. The molecule has 0 bridgehead atoms. The van der Waals surface area contributed by atoms with Crippen LogP contribution in [0.4, 0.5) is 11.4 Å². The molecule has 180 valence electrons. The highest BCUT2D eigenvalue weighted by molar-refractivity contribution is 9.10. The number of hydrogen-bond donors (Lipinski definition) is 0. The Labute approximate surface area is 208 Å². The molecule has 8 heteroatoms. The van der Waals surface area contributed by atoms with E-state index in [9.17, 15) is 9.59 Å². The molecule has 0 N–H and O–H groups in total. The summed E-state index contributed by atoms with van der Waals surface area (Å²) in [5.74, 6) is -1.07. The van der Waals surface area contributed by atoms with E-state index in [1.165, 1.54) is 14.2 Å². The number of benzene rings is 2. The Morgan fingerprint density at radius 3 is 1.82 bits per heavy atom. The van der Waals surface area contributed by atoms with Gasteiger partial charge in [-0.1, -0.05) is 6.07 Å². The van der Waals surface area contributed by atoms with Crippen LogP contribution < -0.4 is 14.5 Å². The molecule has 0 aromatic heterocycles. The number of esters is 2. The summed E-state index contributed by atoms with van der Waals surface area (Å²) >= 11 is 3.52. The summed E-state index contributed by atoms with van der Waals surface area (Å²) in [5.41, 5.74) is 4.65. The minimum atomic E-state index is -0.681. The average Bonchev–Trinajstić information content (AvgIpc) is 2.83. The third-order valence-electron chi connectivity index (χ3n) is 5.97. The molecule has 0 unspecified atom stereocenters. The summed E-state index contributed by atoms with van der Waals surface area (Å²) in [6.45, 7) is 3.71. The van der Waals surface area contributed by atoms with Crippen molar-refractivity contribution in [3.63, 3.8) is 0 Å². The fourth-order valence-electron chi connectivity index (χ4n) is 4.29. The number of methoxy groups -OCH3 is 3. The maximum atomic E-state index is 13.1. The zero-order chi connectivity index (χ0) is 25.2. The lowest BCUT2D eigenvalue weighted by atomic mass is 9.79. The van der Waals surface area contributed by atoms with E-state index < -0.39 is 17.9 Å². The molecule has 34 heavy (non-hydrogen) atoms. The van der Waals surface area contributed by atoms with Gasteiger partial charge in [0.2, 0.25) is 0 Å². The monoisotopic (exact) mass is 528 g/mol. The number of carbonyl (C=O) groups is 2. The van der Waals surface area contributed by atoms with Gasteiger partial charge in [0, 0.05) is 36.9 Å². The minimum absolute atomic E-state index is 0.363. The van der Waals surface area contributed by atoms with Crippen molar-refractivity contribution >= 4 is 39.2 Å². The molecular formula is C26H29BrN2O5. The molecule has 3 rings (SSSR count). The van der Waals surface area contributed by atoms with Crippen LogP contribution in [0.5, 0.6) is 5.75 Å². The predicted molar refractivity (Wildman–Crippen MR) is 136 cm³/mol. The van der Waals surface area contributed by atoms with Gasteiger partial charge >= 0.3 is 11.9 Å². The van der Waals surface area contributed by atoms with Crippen molar-refractivity contribution in [2.75, 3.05) is 45.2 Å². The van der Waals surface area contributed by atoms with Gasteiger partial charge < -0.3 is 24.0 Å². The summed E-state index contributed by atoms with van der Waals surface area (Å²) in [4.78, 5) is 30.2. The van der Waals surface area contributed by atoms with Gasteiger partial charge in [0.15, 0.2) is 0 Å². The van der Waals surface area contributed by atoms with Crippen LogP contribution in [0.1, 0.15) is 25.3 Å². The SMILES string of the molecule is COC(=O)C1=C(C)N(c2ccc(N(C)C)cc2)C(C)=C(C(=O)OC)C1c1ccc(OC)c(Br)c1. The van der Waals surface area contributed by atoms with Crippen molar-refractivity contribution in [2.24, 2.45) is 0 Å². The highest BCUT2D eigenvalue weighted by atomic mass is 79.9. The highest BCUT2D eigenvalue weighted by Gasteiger charge is 2.41. The lowest BCUT2D eigenvalue weighted by Gasteiger charge is -2.38. The first-order valence-electron chi connectivity index (χ1n) is 10.6. The van der Waals surface area contributed by atoms with E-state index in [0.29, 0.717) is 32.8 Å². The quantitative estimate of drug-likeness (QED) is 0.487. The number of ether oxygens (including phenoxy) is 3. The Morgan fingerprint density at radius 1 is 0.882 bits per heavy atom. The molecule has 2 aromatic carbocycles. The van der Waals surface area contributed by atoms with E-state index in [1.807, 2.05) is 74.1 Å². The van der Waals surface area contributed by atoms with Crippen molar-refractivity contribution in [1.29, 1.82) is 0 Å². The van der Waals surface area contributed by atoms with Crippen LogP contribution in [-0.2, 0) is 19.1 Å². The van der Waals surface area contributed by atoms with Gasteiger partial charge in [0.05, 0.1) is 42.9 Å². The highest BCUT2D eigenvalue weighted by Crippen LogP contribution is 2.45. The van der Waals surface area contributed by atoms with Crippen LogP contribution in [0.3, 0.4) is 0 Å². The fraction of sp³-hybridized carbons (Fsp3) is 0.308. The first kappa shape index (κ1) is 25.4. The van der Waals surface area contributed by atoms with E-state index in [0.717, 1.165) is 16.9 Å². The maximum Gasteiger partial charge on any atom is 0.336 e. The van der Waals surface area contributed by atoms with E-state index in [2.05, 4.69) is 15.9 Å². The zero-order valence-electron chi connectivity index (χ0n) is 20.4. The van der Waals surface area contributed by atoms with E-state index in [4.69, 9.17) is 14.2 Å². The molecule has 2 aromatic rings. The van der Waals surface area contributed by atoms with Crippen molar-refractivity contribution in [1.82, 2.24) is 0 Å². The Bertz CT molecular complexity index is 1130. The topological polar surface area (TPSA) is 68.3 Å². The third kappa shape index (κ3) is 4.55. The molecule has 0 amide bonds.